The molecule has 1 aliphatic rings. The lowest BCUT2D eigenvalue weighted by Crippen LogP contribution is -1.93. The summed E-state index contributed by atoms with van der Waals surface area (Å²) in [5.41, 5.74) is 1.82. The average Bonchev–Trinajstić information content (AvgIpc) is 2.89. The number of aliphatic carboxylic acids is 1. The Morgan fingerprint density at radius 3 is 2.83 bits per heavy atom. The first-order chi connectivity index (χ1) is 8.65. The van der Waals surface area contributed by atoms with Crippen LogP contribution in [0.4, 0.5) is 0 Å². The minimum Gasteiger partial charge on any atom is -0.478 e. The van der Waals surface area contributed by atoms with E-state index in [0.29, 0.717) is 5.75 Å². The van der Waals surface area contributed by atoms with Gasteiger partial charge in [0.25, 0.3) is 0 Å². The van der Waals surface area contributed by atoms with Crippen LogP contribution in [0.3, 0.4) is 0 Å². The van der Waals surface area contributed by atoms with Gasteiger partial charge < -0.3 is 19.1 Å². The number of benzene rings is 1. The van der Waals surface area contributed by atoms with E-state index in [9.17, 15) is 4.79 Å². The third-order valence-corrected chi connectivity index (χ3v) is 2.92. The van der Waals surface area contributed by atoms with Crippen molar-refractivity contribution >= 4 is 22.9 Å². The molecule has 92 valence electrons. The first kappa shape index (κ1) is 10.7. The smallest absolute Gasteiger partial charge is 0.328 e. The molecule has 1 aliphatic heterocycles. The zero-order chi connectivity index (χ0) is 12.7. The van der Waals surface area contributed by atoms with Gasteiger partial charge in [-0.15, -0.1) is 0 Å². The summed E-state index contributed by atoms with van der Waals surface area (Å²) in [5, 5.41) is 9.61. The topological polar surface area (TPSA) is 60.7 Å². The van der Waals surface area contributed by atoms with Gasteiger partial charge in [-0.05, 0) is 12.1 Å². The van der Waals surface area contributed by atoms with E-state index in [-0.39, 0.29) is 6.79 Å². The Bertz CT molecular complexity index is 669. The van der Waals surface area contributed by atoms with E-state index >= 15 is 0 Å². The van der Waals surface area contributed by atoms with Crippen LogP contribution in [-0.2, 0) is 11.8 Å². The van der Waals surface area contributed by atoms with E-state index in [4.69, 9.17) is 14.6 Å². The summed E-state index contributed by atoms with van der Waals surface area (Å²) in [7, 11) is 1.91. The van der Waals surface area contributed by atoms with E-state index in [1.165, 1.54) is 0 Å². The third kappa shape index (κ3) is 1.60. The van der Waals surface area contributed by atoms with Gasteiger partial charge in [-0.3, -0.25) is 0 Å². The van der Waals surface area contributed by atoms with Gasteiger partial charge in [-0.1, -0.05) is 0 Å². The minimum absolute atomic E-state index is 0.228. The van der Waals surface area contributed by atoms with Gasteiger partial charge in [0.1, 0.15) is 0 Å². The predicted octanol–water partition coefficient (Wildman–Crippen LogP) is 2.00. The zero-order valence-electron chi connectivity index (χ0n) is 9.71. The summed E-state index contributed by atoms with van der Waals surface area (Å²) >= 11 is 0. The zero-order valence-corrected chi connectivity index (χ0v) is 9.71. The Balaban J connectivity index is 2.19. The molecule has 0 atom stereocenters. The van der Waals surface area contributed by atoms with Crippen LogP contribution in [0.15, 0.2) is 24.4 Å². The monoisotopic (exact) mass is 245 g/mol. The molecule has 1 N–H and O–H groups in total. The lowest BCUT2D eigenvalue weighted by atomic mass is 10.1. The second-order valence-electron chi connectivity index (χ2n) is 4.09. The molecule has 0 spiro atoms. The van der Waals surface area contributed by atoms with Gasteiger partial charge >= 0.3 is 5.97 Å². The molecule has 5 heteroatoms. The number of fused-ring (bicyclic) bond motifs is 2. The number of nitrogens with zero attached hydrogens (tertiary/aromatic N) is 1. The quantitative estimate of drug-likeness (QED) is 0.822. The Kier molecular flexibility index (Phi) is 2.26. The molecule has 0 bridgehead atoms. The highest BCUT2D eigenvalue weighted by Crippen LogP contribution is 2.37. The fraction of sp³-hybridized carbons (Fsp3) is 0.154. The number of carboxylic acid groups (broad SMARTS) is 1. The molecule has 3 rings (SSSR count). The first-order valence-corrected chi connectivity index (χ1v) is 5.45. The van der Waals surface area contributed by atoms with E-state index < -0.39 is 5.97 Å². The van der Waals surface area contributed by atoms with Crippen LogP contribution in [0.2, 0.25) is 0 Å². The van der Waals surface area contributed by atoms with Crippen molar-refractivity contribution in [3.8, 4) is 11.5 Å². The summed E-state index contributed by atoms with van der Waals surface area (Å²) in [4.78, 5) is 10.6. The Morgan fingerprint density at radius 1 is 1.39 bits per heavy atom. The molecule has 0 unspecified atom stereocenters. The van der Waals surface area contributed by atoms with Gasteiger partial charge in [0.15, 0.2) is 11.5 Å². The highest BCUT2D eigenvalue weighted by atomic mass is 16.7. The van der Waals surface area contributed by atoms with Crippen molar-refractivity contribution in [2.24, 2.45) is 7.05 Å². The van der Waals surface area contributed by atoms with Crippen LogP contribution in [0.5, 0.6) is 11.5 Å². The van der Waals surface area contributed by atoms with Crippen LogP contribution in [0.25, 0.3) is 17.0 Å². The number of rotatable bonds is 2. The molecule has 0 aliphatic carbocycles. The maximum Gasteiger partial charge on any atom is 0.328 e. The molecule has 0 saturated carbocycles. The first-order valence-electron chi connectivity index (χ1n) is 5.45. The van der Waals surface area contributed by atoms with Crippen molar-refractivity contribution in [2.45, 2.75) is 0 Å². The second-order valence-corrected chi connectivity index (χ2v) is 4.09. The number of hydrogen-bond acceptors (Lipinski definition) is 3. The Morgan fingerprint density at radius 2 is 2.11 bits per heavy atom. The van der Waals surface area contributed by atoms with Gasteiger partial charge in [-0.25, -0.2) is 4.79 Å². The molecule has 0 amide bonds. The van der Waals surface area contributed by atoms with Gasteiger partial charge in [0.05, 0.1) is 5.52 Å². The van der Waals surface area contributed by atoms with E-state index in [1.807, 2.05) is 29.9 Å². The molecule has 0 fully saturated rings. The van der Waals surface area contributed by atoms with E-state index in [0.717, 1.165) is 28.3 Å². The molecule has 18 heavy (non-hydrogen) atoms. The van der Waals surface area contributed by atoms with Crippen molar-refractivity contribution in [1.82, 2.24) is 4.57 Å². The largest absolute Gasteiger partial charge is 0.478 e. The highest BCUT2D eigenvalue weighted by molar-refractivity contribution is 5.95. The molecule has 0 radical (unpaired) electrons. The molecule has 5 nitrogen and oxygen atoms in total. The minimum atomic E-state index is -0.965. The summed E-state index contributed by atoms with van der Waals surface area (Å²) in [5.74, 6) is 0.448. The fourth-order valence-corrected chi connectivity index (χ4v) is 2.10. The number of aromatic nitrogens is 1. The van der Waals surface area contributed by atoms with E-state index in [1.54, 1.807) is 6.08 Å². The highest BCUT2D eigenvalue weighted by Gasteiger charge is 2.16. The van der Waals surface area contributed by atoms with Gasteiger partial charge in [0, 0.05) is 36.3 Å². The summed E-state index contributed by atoms with van der Waals surface area (Å²) in [6.07, 6.45) is 4.57. The van der Waals surface area contributed by atoms with Crippen molar-refractivity contribution in [3.05, 3.63) is 30.0 Å². The van der Waals surface area contributed by atoms with Crippen LogP contribution in [0.1, 0.15) is 5.56 Å². The Hall–Kier alpha value is -2.43. The van der Waals surface area contributed by atoms with Crippen LogP contribution >= 0.6 is 0 Å². The van der Waals surface area contributed by atoms with E-state index in [2.05, 4.69) is 0 Å². The molecule has 1 aromatic heterocycles. The molecule has 1 aromatic carbocycles. The SMILES string of the molecule is Cn1cc(/C=C/C(=O)O)c2cc3c(cc21)OCO3. The molecule has 2 heterocycles. The summed E-state index contributed by atoms with van der Waals surface area (Å²) in [6, 6.07) is 3.77. The molecular weight excluding hydrogens is 234 g/mol. The average molecular weight is 245 g/mol. The maximum atomic E-state index is 10.6. The number of carbonyl (C=O) groups is 1. The molecular formula is C13H11NO4. The standard InChI is InChI=1S/C13H11NO4/c1-14-6-8(2-3-13(15)16)9-4-11-12(5-10(9)14)18-7-17-11/h2-6H,7H2,1H3,(H,15,16)/b3-2+. The predicted molar refractivity (Wildman–Crippen MR) is 65.7 cm³/mol. The number of aryl methyl sites for hydroxylation is 1. The van der Waals surface area contributed by atoms with Crippen molar-refractivity contribution in [2.75, 3.05) is 6.79 Å². The molecule has 2 aromatic rings. The lowest BCUT2D eigenvalue weighted by molar-refractivity contribution is -0.131. The Labute approximate surface area is 103 Å². The van der Waals surface area contributed by atoms with Crippen LogP contribution < -0.4 is 9.47 Å². The van der Waals surface area contributed by atoms with Gasteiger partial charge in [-0.2, -0.15) is 0 Å². The number of hydrogen-bond donors (Lipinski definition) is 1. The van der Waals surface area contributed by atoms with Crippen LogP contribution in [-0.4, -0.2) is 22.4 Å². The third-order valence-electron chi connectivity index (χ3n) is 2.92. The summed E-state index contributed by atoms with van der Waals surface area (Å²) < 4.78 is 12.6. The normalized spacial score (nSPS) is 13.6. The van der Waals surface area contributed by atoms with Crippen molar-refractivity contribution in [3.63, 3.8) is 0 Å². The van der Waals surface area contributed by atoms with Crippen molar-refractivity contribution in [1.29, 1.82) is 0 Å². The fourth-order valence-electron chi connectivity index (χ4n) is 2.10. The lowest BCUT2D eigenvalue weighted by Gasteiger charge is -1.99. The number of ether oxygens (including phenoxy) is 2. The summed E-state index contributed by atoms with van der Waals surface area (Å²) in [6.45, 7) is 0.228. The van der Waals surface area contributed by atoms with Crippen LogP contribution in [0, 0.1) is 0 Å². The maximum absolute atomic E-state index is 10.6. The van der Waals surface area contributed by atoms with Crippen molar-refractivity contribution < 1.29 is 19.4 Å². The number of carboxylic acids is 1. The molecule has 0 saturated heterocycles. The second kappa shape index (κ2) is 3.80. The van der Waals surface area contributed by atoms with Gasteiger partial charge in [0.2, 0.25) is 6.79 Å².